The summed E-state index contributed by atoms with van der Waals surface area (Å²) in [6.45, 7) is 3.22. The lowest BCUT2D eigenvalue weighted by Gasteiger charge is -2.19. The molecule has 6 heteroatoms. The van der Waals surface area contributed by atoms with E-state index in [1.54, 1.807) is 10.6 Å². The summed E-state index contributed by atoms with van der Waals surface area (Å²) < 4.78 is 12.3. The summed E-state index contributed by atoms with van der Waals surface area (Å²) in [5.74, 6) is -0.381. The Labute approximate surface area is 134 Å². The van der Waals surface area contributed by atoms with E-state index in [2.05, 4.69) is 5.32 Å². The van der Waals surface area contributed by atoms with Crippen molar-refractivity contribution in [1.29, 1.82) is 0 Å². The number of aromatic nitrogens is 1. The molecular formula is C17H22N2O4. The number of benzene rings is 1. The minimum absolute atomic E-state index is 0.00569. The number of oxazole rings is 1. The van der Waals surface area contributed by atoms with Crippen LogP contribution in [0, 0.1) is 0 Å². The van der Waals surface area contributed by atoms with E-state index in [-0.39, 0.29) is 23.8 Å². The Kier molecular flexibility index (Phi) is 4.81. The van der Waals surface area contributed by atoms with Crippen LogP contribution < -0.4 is 11.1 Å². The summed E-state index contributed by atoms with van der Waals surface area (Å²) in [7, 11) is 0. The van der Waals surface area contributed by atoms with Crippen molar-refractivity contribution in [3.05, 3.63) is 34.8 Å². The number of carbonyl (C=O) groups is 1. The second-order valence-electron chi connectivity index (χ2n) is 6.00. The molecule has 1 aliphatic heterocycles. The van der Waals surface area contributed by atoms with Gasteiger partial charge in [0.25, 0.3) is 0 Å². The van der Waals surface area contributed by atoms with Crippen LogP contribution in [0.1, 0.15) is 32.6 Å². The van der Waals surface area contributed by atoms with Gasteiger partial charge >= 0.3 is 5.76 Å². The minimum Gasteiger partial charge on any atom is -0.408 e. The van der Waals surface area contributed by atoms with Gasteiger partial charge in [-0.3, -0.25) is 9.36 Å². The number of para-hydroxylation sites is 2. The number of nitrogens with one attached hydrogen (secondary N) is 1. The summed E-state index contributed by atoms with van der Waals surface area (Å²) in [5, 5.41) is 2.98. The molecule has 2 aromatic rings. The van der Waals surface area contributed by atoms with Crippen molar-refractivity contribution in [3.63, 3.8) is 0 Å². The Morgan fingerprint density at radius 2 is 2.26 bits per heavy atom. The number of hydrogen-bond donors (Lipinski definition) is 1. The predicted octanol–water partition coefficient (Wildman–Crippen LogP) is 2.06. The van der Waals surface area contributed by atoms with Gasteiger partial charge in [-0.1, -0.05) is 12.1 Å². The smallest absolute Gasteiger partial charge is 0.408 e. The molecule has 1 aromatic carbocycles. The zero-order valence-corrected chi connectivity index (χ0v) is 13.3. The summed E-state index contributed by atoms with van der Waals surface area (Å²) in [6, 6.07) is 7.34. The average molecular weight is 318 g/mol. The number of fused-ring (bicyclic) bond motifs is 1. The Bertz CT molecular complexity index is 728. The Balaban J connectivity index is 1.51. The van der Waals surface area contributed by atoms with Crippen LogP contribution in [-0.4, -0.2) is 29.2 Å². The molecule has 0 spiro atoms. The molecule has 1 aromatic heterocycles. The first-order chi connectivity index (χ1) is 11.1. The molecule has 0 saturated carbocycles. The second-order valence-corrected chi connectivity index (χ2v) is 6.00. The summed E-state index contributed by atoms with van der Waals surface area (Å²) in [4.78, 5) is 23.9. The fourth-order valence-electron chi connectivity index (χ4n) is 3.04. The van der Waals surface area contributed by atoms with E-state index in [1.807, 2.05) is 25.1 Å². The molecular weight excluding hydrogens is 296 g/mol. The van der Waals surface area contributed by atoms with Gasteiger partial charge in [0.2, 0.25) is 5.91 Å². The largest absolute Gasteiger partial charge is 0.419 e. The van der Waals surface area contributed by atoms with E-state index < -0.39 is 0 Å². The lowest BCUT2D eigenvalue weighted by molar-refractivity contribution is -0.122. The van der Waals surface area contributed by atoms with Crippen LogP contribution in [0.25, 0.3) is 11.1 Å². The van der Waals surface area contributed by atoms with Crippen LogP contribution in [0.2, 0.25) is 0 Å². The maximum absolute atomic E-state index is 12.0. The molecule has 1 fully saturated rings. The van der Waals surface area contributed by atoms with E-state index in [1.165, 1.54) is 0 Å². The van der Waals surface area contributed by atoms with E-state index in [0.717, 1.165) is 25.0 Å². The van der Waals surface area contributed by atoms with Gasteiger partial charge in [-0.15, -0.1) is 0 Å². The molecule has 0 bridgehead atoms. The van der Waals surface area contributed by atoms with Crippen molar-refractivity contribution in [1.82, 2.24) is 9.88 Å². The average Bonchev–Trinajstić information content (AvgIpc) is 3.16. The summed E-state index contributed by atoms with van der Waals surface area (Å²) >= 11 is 0. The highest BCUT2D eigenvalue weighted by Crippen LogP contribution is 2.16. The van der Waals surface area contributed by atoms with Crippen LogP contribution in [0.3, 0.4) is 0 Å². The Morgan fingerprint density at radius 1 is 1.43 bits per heavy atom. The predicted molar refractivity (Wildman–Crippen MR) is 86.3 cm³/mol. The van der Waals surface area contributed by atoms with Crippen molar-refractivity contribution in [2.75, 3.05) is 6.61 Å². The lowest BCUT2D eigenvalue weighted by Crippen LogP contribution is -2.40. The number of ether oxygens (including phenoxy) is 1. The van der Waals surface area contributed by atoms with Gasteiger partial charge in [0.1, 0.15) is 0 Å². The lowest BCUT2D eigenvalue weighted by atomic mass is 10.1. The molecule has 6 nitrogen and oxygen atoms in total. The molecule has 1 saturated heterocycles. The van der Waals surface area contributed by atoms with Gasteiger partial charge in [-0.2, -0.15) is 0 Å². The highest BCUT2D eigenvalue weighted by Gasteiger charge is 2.23. The third-order valence-corrected chi connectivity index (χ3v) is 4.27. The van der Waals surface area contributed by atoms with Crippen LogP contribution >= 0.6 is 0 Å². The maximum Gasteiger partial charge on any atom is 0.419 e. The highest BCUT2D eigenvalue weighted by molar-refractivity contribution is 5.76. The topological polar surface area (TPSA) is 73.5 Å². The number of amides is 1. The number of carbonyl (C=O) groups excluding carboxylic acids is 1. The third kappa shape index (κ3) is 3.64. The Hall–Kier alpha value is -2.08. The van der Waals surface area contributed by atoms with E-state index in [0.29, 0.717) is 25.0 Å². The number of aryl methyl sites for hydroxylation is 1. The molecule has 0 aliphatic carbocycles. The molecule has 2 heterocycles. The summed E-state index contributed by atoms with van der Waals surface area (Å²) in [6.07, 6.45) is 3.15. The SMILES string of the molecule is CC(NC(=O)CCCn1c(=O)oc2ccccc21)C1CCCO1. The highest BCUT2D eigenvalue weighted by atomic mass is 16.5. The van der Waals surface area contributed by atoms with E-state index >= 15 is 0 Å². The van der Waals surface area contributed by atoms with Gasteiger partial charge in [0.05, 0.1) is 17.7 Å². The molecule has 2 atom stereocenters. The van der Waals surface area contributed by atoms with Crippen LogP contribution in [0.5, 0.6) is 0 Å². The minimum atomic E-state index is -0.376. The second kappa shape index (κ2) is 7.00. The quantitative estimate of drug-likeness (QED) is 0.885. The first kappa shape index (κ1) is 15.8. The van der Waals surface area contributed by atoms with Gasteiger partial charge in [0, 0.05) is 19.6 Å². The first-order valence-corrected chi connectivity index (χ1v) is 8.14. The Morgan fingerprint density at radius 3 is 3.04 bits per heavy atom. The third-order valence-electron chi connectivity index (χ3n) is 4.27. The standard InChI is InChI=1S/C17H22N2O4/c1-12(14-8-5-11-22-14)18-16(20)9-4-10-19-13-6-2-3-7-15(13)23-17(19)21/h2-3,6-7,12,14H,4-5,8-11H2,1H3,(H,18,20). The monoisotopic (exact) mass is 318 g/mol. The molecule has 124 valence electrons. The number of hydrogen-bond acceptors (Lipinski definition) is 4. The number of nitrogens with zero attached hydrogens (tertiary/aromatic N) is 1. The van der Waals surface area contributed by atoms with Crippen LogP contribution in [0.4, 0.5) is 0 Å². The number of rotatable bonds is 6. The first-order valence-electron chi connectivity index (χ1n) is 8.14. The molecule has 3 rings (SSSR count). The van der Waals surface area contributed by atoms with Crippen molar-refractivity contribution < 1.29 is 13.9 Å². The van der Waals surface area contributed by atoms with Crippen molar-refractivity contribution in [2.45, 2.75) is 51.3 Å². The van der Waals surface area contributed by atoms with Crippen LogP contribution in [0.15, 0.2) is 33.5 Å². The molecule has 23 heavy (non-hydrogen) atoms. The molecule has 0 radical (unpaired) electrons. The summed E-state index contributed by atoms with van der Waals surface area (Å²) in [5.41, 5.74) is 1.35. The zero-order chi connectivity index (χ0) is 16.2. The van der Waals surface area contributed by atoms with Gasteiger partial charge in [-0.05, 0) is 38.3 Å². The molecule has 1 amide bonds. The normalized spacial score (nSPS) is 19.1. The van der Waals surface area contributed by atoms with E-state index in [4.69, 9.17) is 9.15 Å². The molecule has 2 unspecified atom stereocenters. The van der Waals surface area contributed by atoms with Gasteiger partial charge in [0.15, 0.2) is 5.58 Å². The fourth-order valence-corrected chi connectivity index (χ4v) is 3.04. The van der Waals surface area contributed by atoms with Crippen molar-refractivity contribution in [2.24, 2.45) is 0 Å². The van der Waals surface area contributed by atoms with Crippen molar-refractivity contribution >= 4 is 17.0 Å². The zero-order valence-electron chi connectivity index (χ0n) is 13.3. The van der Waals surface area contributed by atoms with Gasteiger partial charge in [-0.25, -0.2) is 4.79 Å². The van der Waals surface area contributed by atoms with Crippen molar-refractivity contribution in [3.8, 4) is 0 Å². The van der Waals surface area contributed by atoms with E-state index in [9.17, 15) is 9.59 Å². The van der Waals surface area contributed by atoms with Crippen LogP contribution in [-0.2, 0) is 16.1 Å². The van der Waals surface area contributed by atoms with Gasteiger partial charge < -0.3 is 14.5 Å². The molecule has 1 aliphatic rings. The fraction of sp³-hybridized carbons (Fsp3) is 0.529. The molecule has 1 N–H and O–H groups in total. The maximum atomic E-state index is 12.0.